The number of hydrogen-bond acceptors (Lipinski definition) is 5. The molecule has 0 aliphatic heterocycles. The van der Waals surface area contributed by atoms with E-state index in [1.54, 1.807) is 37.3 Å². The number of carboxylic acid groups (broad SMARTS) is 1. The van der Waals surface area contributed by atoms with Gasteiger partial charge >= 0.3 is 11.9 Å². The monoisotopic (exact) mass is 302 g/mol. The molecule has 0 saturated heterocycles. The van der Waals surface area contributed by atoms with Crippen molar-refractivity contribution in [2.75, 3.05) is 6.61 Å². The Balaban J connectivity index is 2.03. The summed E-state index contributed by atoms with van der Waals surface area (Å²) in [6.07, 6.45) is 1.40. The van der Waals surface area contributed by atoms with Crippen molar-refractivity contribution in [1.29, 1.82) is 0 Å². The Bertz CT molecular complexity index is 692. The van der Waals surface area contributed by atoms with E-state index >= 15 is 0 Å². The summed E-state index contributed by atoms with van der Waals surface area (Å²) in [5.41, 5.74) is 3.61. The lowest BCUT2D eigenvalue weighted by molar-refractivity contribution is -0.139. The van der Waals surface area contributed by atoms with Crippen LogP contribution in [0.15, 0.2) is 52.2 Å². The number of benzene rings is 1. The number of amides is 1. The zero-order valence-corrected chi connectivity index (χ0v) is 11.8. The third-order valence-corrected chi connectivity index (χ3v) is 2.68. The largest absolute Gasteiger partial charge is 0.482 e. The quantitative estimate of drug-likeness (QED) is 0.627. The van der Waals surface area contributed by atoms with E-state index in [1.807, 2.05) is 0 Å². The van der Waals surface area contributed by atoms with Gasteiger partial charge in [-0.05, 0) is 31.2 Å². The SMILES string of the molecule is C/C(=N/NC(=O)c1ccco1)c1cccc(OCC(=O)O)c1. The van der Waals surface area contributed by atoms with Gasteiger partial charge in [0.15, 0.2) is 12.4 Å². The molecule has 2 N–H and O–H groups in total. The maximum atomic E-state index is 11.7. The second kappa shape index (κ2) is 7.07. The molecule has 0 aliphatic rings. The van der Waals surface area contributed by atoms with Crippen LogP contribution < -0.4 is 10.2 Å². The van der Waals surface area contributed by atoms with Gasteiger partial charge in [0, 0.05) is 5.56 Å². The fourth-order valence-corrected chi connectivity index (χ4v) is 1.62. The molecule has 1 heterocycles. The summed E-state index contributed by atoms with van der Waals surface area (Å²) in [7, 11) is 0. The van der Waals surface area contributed by atoms with Gasteiger partial charge in [-0.2, -0.15) is 5.10 Å². The minimum Gasteiger partial charge on any atom is -0.482 e. The van der Waals surface area contributed by atoms with Crippen LogP contribution in [-0.2, 0) is 4.79 Å². The molecule has 0 unspecified atom stereocenters. The van der Waals surface area contributed by atoms with Gasteiger partial charge in [-0.1, -0.05) is 12.1 Å². The van der Waals surface area contributed by atoms with Crippen molar-refractivity contribution < 1.29 is 23.8 Å². The number of hydrogen-bond donors (Lipinski definition) is 2. The van der Waals surface area contributed by atoms with Gasteiger partial charge in [-0.25, -0.2) is 10.2 Å². The molecule has 0 fully saturated rings. The Morgan fingerprint density at radius 2 is 2.14 bits per heavy atom. The summed E-state index contributed by atoms with van der Waals surface area (Å²) >= 11 is 0. The number of rotatable bonds is 6. The van der Waals surface area contributed by atoms with E-state index in [0.717, 1.165) is 0 Å². The highest BCUT2D eigenvalue weighted by Crippen LogP contribution is 2.14. The predicted molar refractivity (Wildman–Crippen MR) is 78.0 cm³/mol. The molecular weight excluding hydrogens is 288 g/mol. The van der Waals surface area contributed by atoms with Crippen molar-refractivity contribution in [3.05, 3.63) is 54.0 Å². The number of nitrogens with zero attached hydrogens (tertiary/aromatic N) is 1. The van der Waals surface area contributed by atoms with Gasteiger partial charge in [-0.3, -0.25) is 4.79 Å². The second-order valence-electron chi connectivity index (χ2n) is 4.33. The number of furan rings is 1. The molecule has 2 aromatic rings. The van der Waals surface area contributed by atoms with E-state index in [9.17, 15) is 9.59 Å². The summed E-state index contributed by atoms with van der Waals surface area (Å²) in [6.45, 7) is 1.29. The van der Waals surface area contributed by atoms with Gasteiger partial charge in [0.05, 0.1) is 12.0 Å². The van der Waals surface area contributed by atoms with Crippen molar-refractivity contribution in [1.82, 2.24) is 5.43 Å². The Morgan fingerprint density at radius 3 is 2.82 bits per heavy atom. The van der Waals surface area contributed by atoms with Crippen molar-refractivity contribution in [3.8, 4) is 5.75 Å². The first kappa shape index (κ1) is 15.3. The summed E-state index contributed by atoms with van der Waals surface area (Å²) in [4.78, 5) is 22.2. The molecule has 7 heteroatoms. The number of carbonyl (C=O) groups is 2. The normalized spacial score (nSPS) is 11.0. The van der Waals surface area contributed by atoms with E-state index in [0.29, 0.717) is 17.0 Å². The fraction of sp³-hybridized carbons (Fsp3) is 0.133. The third kappa shape index (κ3) is 4.20. The van der Waals surface area contributed by atoms with Crippen LogP contribution in [-0.4, -0.2) is 29.3 Å². The van der Waals surface area contributed by atoms with Crippen molar-refractivity contribution >= 4 is 17.6 Å². The minimum atomic E-state index is -1.05. The highest BCUT2D eigenvalue weighted by molar-refractivity contribution is 6.00. The highest BCUT2D eigenvalue weighted by atomic mass is 16.5. The molecule has 0 saturated carbocycles. The maximum Gasteiger partial charge on any atom is 0.341 e. The van der Waals surface area contributed by atoms with Crippen LogP contribution in [0, 0.1) is 0 Å². The van der Waals surface area contributed by atoms with Gasteiger partial charge in [0.2, 0.25) is 0 Å². The second-order valence-corrected chi connectivity index (χ2v) is 4.33. The van der Waals surface area contributed by atoms with Crippen LogP contribution >= 0.6 is 0 Å². The molecule has 1 aromatic carbocycles. The van der Waals surface area contributed by atoms with E-state index in [2.05, 4.69) is 10.5 Å². The molecule has 0 bridgehead atoms. The number of carbonyl (C=O) groups excluding carboxylic acids is 1. The zero-order chi connectivity index (χ0) is 15.9. The first-order valence-electron chi connectivity index (χ1n) is 6.39. The van der Waals surface area contributed by atoms with E-state index < -0.39 is 18.5 Å². The first-order chi connectivity index (χ1) is 10.6. The van der Waals surface area contributed by atoms with Crippen molar-refractivity contribution in [2.45, 2.75) is 6.92 Å². The molecule has 114 valence electrons. The molecule has 1 amide bonds. The first-order valence-corrected chi connectivity index (χ1v) is 6.39. The maximum absolute atomic E-state index is 11.7. The number of ether oxygens (including phenoxy) is 1. The van der Waals surface area contributed by atoms with Gasteiger partial charge in [0.25, 0.3) is 0 Å². The topological polar surface area (TPSA) is 101 Å². The molecule has 2 rings (SSSR count). The molecule has 0 atom stereocenters. The molecular formula is C15H14N2O5. The highest BCUT2D eigenvalue weighted by Gasteiger charge is 2.08. The van der Waals surface area contributed by atoms with Crippen molar-refractivity contribution in [2.24, 2.45) is 5.10 Å². The van der Waals surface area contributed by atoms with Crippen LogP contribution in [0.3, 0.4) is 0 Å². The standard InChI is InChI=1S/C15H14N2O5/c1-10(16-17-15(20)13-6-3-7-21-13)11-4-2-5-12(8-11)22-9-14(18)19/h2-8H,9H2,1H3,(H,17,20)(H,18,19)/b16-10-. The zero-order valence-electron chi connectivity index (χ0n) is 11.8. The molecule has 0 aliphatic carbocycles. The Labute approximate surface area is 126 Å². The van der Waals surface area contributed by atoms with Crippen LogP contribution in [0.5, 0.6) is 5.75 Å². The molecule has 0 spiro atoms. The van der Waals surface area contributed by atoms with Crippen molar-refractivity contribution in [3.63, 3.8) is 0 Å². The summed E-state index contributed by atoms with van der Waals surface area (Å²) in [5.74, 6) is -0.939. The predicted octanol–water partition coefficient (Wildman–Crippen LogP) is 1.90. The Morgan fingerprint density at radius 1 is 1.32 bits per heavy atom. The van der Waals surface area contributed by atoms with Gasteiger partial charge in [-0.15, -0.1) is 0 Å². The lowest BCUT2D eigenvalue weighted by Gasteiger charge is -2.06. The average Bonchev–Trinajstić information content (AvgIpc) is 3.05. The van der Waals surface area contributed by atoms with E-state index in [4.69, 9.17) is 14.3 Å². The Kier molecular flexibility index (Phi) is 4.92. The number of carboxylic acids is 1. The lowest BCUT2D eigenvalue weighted by Crippen LogP contribution is -2.18. The molecule has 22 heavy (non-hydrogen) atoms. The summed E-state index contributed by atoms with van der Waals surface area (Å²) in [5, 5.41) is 12.6. The van der Waals surface area contributed by atoms with E-state index in [-0.39, 0.29) is 5.76 Å². The number of aliphatic carboxylic acids is 1. The fourth-order valence-electron chi connectivity index (χ4n) is 1.62. The van der Waals surface area contributed by atoms with Crippen LogP contribution in [0.25, 0.3) is 0 Å². The molecule has 1 aromatic heterocycles. The molecule has 7 nitrogen and oxygen atoms in total. The van der Waals surface area contributed by atoms with Gasteiger partial charge in [0.1, 0.15) is 5.75 Å². The van der Waals surface area contributed by atoms with E-state index in [1.165, 1.54) is 12.3 Å². The number of nitrogens with one attached hydrogen (secondary N) is 1. The minimum absolute atomic E-state index is 0.162. The summed E-state index contributed by atoms with van der Waals surface area (Å²) in [6, 6.07) is 9.89. The molecule has 0 radical (unpaired) electrons. The van der Waals surface area contributed by atoms with Crippen LogP contribution in [0.2, 0.25) is 0 Å². The third-order valence-electron chi connectivity index (χ3n) is 2.68. The van der Waals surface area contributed by atoms with Gasteiger partial charge < -0.3 is 14.3 Å². The smallest absolute Gasteiger partial charge is 0.341 e. The van der Waals surface area contributed by atoms with Crippen LogP contribution in [0.1, 0.15) is 23.0 Å². The lowest BCUT2D eigenvalue weighted by atomic mass is 10.1. The Hall–Kier alpha value is -3.09. The average molecular weight is 302 g/mol. The number of hydrazone groups is 1. The van der Waals surface area contributed by atoms with Crippen LogP contribution in [0.4, 0.5) is 0 Å². The summed E-state index contributed by atoms with van der Waals surface area (Å²) < 4.78 is 10.0.